The number of nitrogens with zero attached hydrogens (tertiary/aromatic N) is 1. The standard InChI is InChI=1S/C10H13BrN2OS2/c1-6(9(12)15)5-13(2)10(14)8-7(11)3-4-16-8/h3-4,6H,5H2,1-2H3,(H2,12,15). The second-order valence-electron chi connectivity index (χ2n) is 3.59. The molecular weight excluding hydrogens is 308 g/mol. The number of thiocarbonyl (C=S) groups is 1. The molecule has 0 aliphatic heterocycles. The second-order valence-corrected chi connectivity index (χ2v) is 5.83. The van der Waals surface area contributed by atoms with Crippen molar-refractivity contribution in [2.45, 2.75) is 6.92 Å². The average molecular weight is 321 g/mol. The van der Waals surface area contributed by atoms with Crippen molar-refractivity contribution in [2.75, 3.05) is 13.6 Å². The highest BCUT2D eigenvalue weighted by molar-refractivity contribution is 9.10. The number of carbonyl (C=O) groups is 1. The zero-order chi connectivity index (χ0) is 12.3. The summed E-state index contributed by atoms with van der Waals surface area (Å²) in [4.78, 5) is 14.8. The molecule has 0 aliphatic carbocycles. The third kappa shape index (κ3) is 3.26. The second kappa shape index (κ2) is 5.75. The van der Waals surface area contributed by atoms with Crippen molar-refractivity contribution in [1.29, 1.82) is 0 Å². The summed E-state index contributed by atoms with van der Waals surface area (Å²) in [5.74, 6) is 0.0210. The van der Waals surface area contributed by atoms with Gasteiger partial charge in [-0.25, -0.2) is 0 Å². The van der Waals surface area contributed by atoms with E-state index in [9.17, 15) is 4.79 Å². The highest BCUT2D eigenvalue weighted by Gasteiger charge is 2.18. The normalized spacial score (nSPS) is 12.2. The van der Waals surface area contributed by atoms with Gasteiger partial charge in [-0.3, -0.25) is 4.79 Å². The molecule has 0 aliphatic rings. The van der Waals surface area contributed by atoms with E-state index in [-0.39, 0.29) is 11.8 Å². The lowest BCUT2D eigenvalue weighted by Crippen LogP contribution is -2.35. The first-order valence-electron chi connectivity index (χ1n) is 4.71. The molecule has 1 unspecified atom stereocenters. The molecule has 1 amide bonds. The van der Waals surface area contributed by atoms with Gasteiger partial charge in [0.15, 0.2) is 0 Å². The zero-order valence-electron chi connectivity index (χ0n) is 9.07. The van der Waals surface area contributed by atoms with E-state index >= 15 is 0 Å². The van der Waals surface area contributed by atoms with Gasteiger partial charge in [0.2, 0.25) is 0 Å². The molecule has 0 spiro atoms. The molecule has 16 heavy (non-hydrogen) atoms. The molecule has 3 nitrogen and oxygen atoms in total. The molecule has 0 saturated heterocycles. The molecule has 2 N–H and O–H groups in total. The Morgan fingerprint density at radius 3 is 2.81 bits per heavy atom. The molecule has 6 heteroatoms. The highest BCUT2D eigenvalue weighted by Crippen LogP contribution is 2.24. The highest BCUT2D eigenvalue weighted by atomic mass is 79.9. The molecule has 1 heterocycles. The van der Waals surface area contributed by atoms with E-state index in [1.54, 1.807) is 11.9 Å². The smallest absolute Gasteiger partial charge is 0.264 e. The van der Waals surface area contributed by atoms with Crippen molar-refractivity contribution in [3.8, 4) is 0 Å². The Morgan fingerprint density at radius 2 is 2.38 bits per heavy atom. The minimum Gasteiger partial charge on any atom is -0.393 e. The van der Waals surface area contributed by atoms with Gasteiger partial charge >= 0.3 is 0 Å². The Morgan fingerprint density at radius 1 is 1.75 bits per heavy atom. The van der Waals surface area contributed by atoms with E-state index < -0.39 is 0 Å². The predicted molar refractivity (Wildman–Crippen MR) is 74.9 cm³/mol. The fourth-order valence-corrected chi connectivity index (χ4v) is 2.81. The van der Waals surface area contributed by atoms with Crippen LogP contribution in [0.3, 0.4) is 0 Å². The van der Waals surface area contributed by atoms with Gasteiger partial charge < -0.3 is 10.6 Å². The first-order chi connectivity index (χ1) is 7.43. The molecule has 1 rings (SSSR count). The van der Waals surface area contributed by atoms with E-state index in [2.05, 4.69) is 15.9 Å². The van der Waals surface area contributed by atoms with Crippen LogP contribution in [0.4, 0.5) is 0 Å². The summed E-state index contributed by atoms with van der Waals surface area (Å²) >= 11 is 9.64. The quantitative estimate of drug-likeness (QED) is 0.867. The number of carbonyl (C=O) groups excluding carboxylic acids is 1. The van der Waals surface area contributed by atoms with Gasteiger partial charge in [0, 0.05) is 24.0 Å². The minimum absolute atomic E-state index is 0.00928. The van der Waals surface area contributed by atoms with Crippen LogP contribution in [-0.4, -0.2) is 29.4 Å². The lowest BCUT2D eigenvalue weighted by molar-refractivity contribution is 0.0791. The van der Waals surface area contributed by atoms with Crippen molar-refractivity contribution in [2.24, 2.45) is 11.7 Å². The van der Waals surface area contributed by atoms with Crippen molar-refractivity contribution >= 4 is 50.4 Å². The fraction of sp³-hybridized carbons (Fsp3) is 0.400. The van der Waals surface area contributed by atoms with E-state index in [1.807, 2.05) is 18.4 Å². The topological polar surface area (TPSA) is 46.3 Å². The van der Waals surface area contributed by atoms with Gasteiger partial charge in [0.25, 0.3) is 5.91 Å². The van der Waals surface area contributed by atoms with Crippen LogP contribution in [0.25, 0.3) is 0 Å². The average Bonchev–Trinajstić information content (AvgIpc) is 2.62. The van der Waals surface area contributed by atoms with E-state index in [4.69, 9.17) is 18.0 Å². The van der Waals surface area contributed by atoms with E-state index in [0.717, 1.165) is 4.47 Å². The number of hydrogen-bond donors (Lipinski definition) is 1. The Kier molecular flexibility index (Phi) is 4.89. The maximum Gasteiger partial charge on any atom is 0.264 e. The fourth-order valence-electron chi connectivity index (χ4n) is 1.20. The summed E-state index contributed by atoms with van der Waals surface area (Å²) in [6.45, 7) is 2.45. The van der Waals surface area contributed by atoms with Crippen molar-refractivity contribution in [1.82, 2.24) is 4.90 Å². The summed E-state index contributed by atoms with van der Waals surface area (Å²) in [5, 5.41) is 1.88. The number of amides is 1. The largest absolute Gasteiger partial charge is 0.393 e. The molecule has 88 valence electrons. The van der Waals surface area contributed by atoms with Gasteiger partial charge in [-0.1, -0.05) is 19.1 Å². The maximum absolute atomic E-state index is 12.0. The number of halogens is 1. The molecule has 1 aromatic rings. The van der Waals surface area contributed by atoms with Crippen LogP contribution in [-0.2, 0) is 0 Å². The van der Waals surface area contributed by atoms with Crippen LogP contribution in [0, 0.1) is 5.92 Å². The zero-order valence-corrected chi connectivity index (χ0v) is 12.3. The van der Waals surface area contributed by atoms with Gasteiger partial charge in [-0.05, 0) is 27.4 Å². The van der Waals surface area contributed by atoms with Gasteiger partial charge in [-0.2, -0.15) is 0 Å². The van der Waals surface area contributed by atoms with Crippen LogP contribution in [0.1, 0.15) is 16.6 Å². The molecule has 1 aromatic heterocycles. The van der Waals surface area contributed by atoms with Crippen LogP contribution in [0.5, 0.6) is 0 Å². The number of thiophene rings is 1. The number of rotatable bonds is 4. The van der Waals surface area contributed by atoms with Gasteiger partial charge in [0.1, 0.15) is 4.88 Å². The predicted octanol–water partition coefficient (Wildman–Crippen LogP) is 2.50. The Balaban J connectivity index is 2.69. The van der Waals surface area contributed by atoms with Crippen molar-refractivity contribution in [3.05, 3.63) is 20.8 Å². The minimum atomic E-state index is -0.00928. The lowest BCUT2D eigenvalue weighted by Gasteiger charge is -2.20. The Bertz CT molecular complexity index is 405. The summed E-state index contributed by atoms with van der Waals surface area (Å²) < 4.78 is 0.831. The molecule has 0 radical (unpaired) electrons. The third-order valence-electron chi connectivity index (χ3n) is 2.19. The number of nitrogens with two attached hydrogens (primary N) is 1. The molecule has 1 atom stereocenters. The molecule has 0 saturated carbocycles. The Hall–Kier alpha value is -0.460. The molecule has 0 aromatic carbocycles. The Labute approximate surface area is 113 Å². The number of hydrogen-bond acceptors (Lipinski definition) is 3. The van der Waals surface area contributed by atoms with E-state index in [1.165, 1.54) is 11.3 Å². The van der Waals surface area contributed by atoms with Crippen LogP contribution < -0.4 is 5.73 Å². The van der Waals surface area contributed by atoms with Crippen LogP contribution in [0.2, 0.25) is 0 Å². The van der Waals surface area contributed by atoms with Crippen LogP contribution in [0.15, 0.2) is 15.9 Å². The summed E-state index contributed by atoms with van der Waals surface area (Å²) in [6, 6.07) is 1.86. The monoisotopic (exact) mass is 320 g/mol. The van der Waals surface area contributed by atoms with Crippen LogP contribution >= 0.6 is 39.5 Å². The SMILES string of the molecule is CC(CN(C)C(=O)c1sccc1Br)C(N)=S. The first-order valence-corrected chi connectivity index (χ1v) is 6.79. The first kappa shape index (κ1) is 13.6. The summed E-state index contributed by atoms with van der Waals surface area (Å²) in [7, 11) is 1.75. The van der Waals surface area contributed by atoms with E-state index in [0.29, 0.717) is 16.4 Å². The van der Waals surface area contributed by atoms with Gasteiger partial charge in [-0.15, -0.1) is 11.3 Å². The molecule has 0 bridgehead atoms. The van der Waals surface area contributed by atoms with Crippen molar-refractivity contribution < 1.29 is 4.79 Å². The lowest BCUT2D eigenvalue weighted by atomic mass is 10.1. The van der Waals surface area contributed by atoms with Gasteiger partial charge in [0.05, 0.1) is 4.99 Å². The molecular formula is C10H13BrN2OS2. The summed E-state index contributed by atoms with van der Waals surface area (Å²) in [5.41, 5.74) is 5.52. The van der Waals surface area contributed by atoms with Crippen molar-refractivity contribution in [3.63, 3.8) is 0 Å². The summed E-state index contributed by atoms with van der Waals surface area (Å²) in [6.07, 6.45) is 0. The maximum atomic E-state index is 12.0. The third-order valence-corrected chi connectivity index (χ3v) is 4.42. The molecule has 0 fully saturated rings.